The van der Waals surface area contributed by atoms with E-state index in [2.05, 4.69) is 15.6 Å². The summed E-state index contributed by atoms with van der Waals surface area (Å²) in [6.45, 7) is 0. The van der Waals surface area contributed by atoms with Gasteiger partial charge in [-0.15, -0.1) is 0 Å². The third-order valence-electron chi connectivity index (χ3n) is 4.62. The average Bonchev–Trinajstić information content (AvgIpc) is 3.22. The van der Waals surface area contributed by atoms with Crippen molar-refractivity contribution in [3.05, 3.63) is 71.2 Å². The fourth-order valence-electron chi connectivity index (χ4n) is 3.08. The van der Waals surface area contributed by atoms with Crippen LogP contribution in [0.15, 0.2) is 65.1 Å². The molecule has 1 aromatic heterocycles. The second-order valence-corrected chi connectivity index (χ2v) is 7.47. The van der Waals surface area contributed by atoms with Gasteiger partial charge < -0.3 is 19.2 Å². The summed E-state index contributed by atoms with van der Waals surface area (Å²) < 4.78 is 16.5. The second-order valence-electron chi connectivity index (χ2n) is 6.66. The van der Waals surface area contributed by atoms with Crippen molar-refractivity contribution in [3.63, 3.8) is 0 Å². The van der Waals surface area contributed by atoms with E-state index in [4.69, 9.17) is 37.7 Å². The molecule has 0 saturated heterocycles. The van der Waals surface area contributed by atoms with Gasteiger partial charge in [0.25, 0.3) is 5.91 Å². The van der Waals surface area contributed by atoms with Crippen LogP contribution in [0.5, 0.6) is 11.5 Å². The highest BCUT2D eigenvalue weighted by atomic mass is 35.5. The van der Waals surface area contributed by atoms with Gasteiger partial charge in [0.15, 0.2) is 22.2 Å². The second kappa shape index (κ2) is 9.25. The van der Waals surface area contributed by atoms with Crippen LogP contribution in [0.1, 0.15) is 10.4 Å². The molecule has 7 nitrogen and oxygen atoms in total. The fourth-order valence-corrected chi connectivity index (χ4v) is 3.51. The van der Waals surface area contributed by atoms with Crippen molar-refractivity contribution in [2.24, 2.45) is 0 Å². The molecule has 0 radical (unpaired) electrons. The average molecular weight is 468 g/mol. The predicted molar refractivity (Wildman–Crippen MR) is 128 cm³/mol. The molecule has 0 atom stereocenters. The molecule has 4 rings (SSSR count). The van der Waals surface area contributed by atoms with E-state index in [1.807, 2.05) is 6.07 Å². The standard InChI is InChI=1S/C23H18ClN3O4S/c1-29-19-9-7-13(11-20(19)30-2)22-26-17-12-14(8-10-18(17)31-22)25-23(32)27-21(28)15-5-3-4-6-16(15)24/h3-12H,1-2H3,(H2,25,27,28,32). The first-order valence-corrected chi connectivity index (χ1v) is 10.3. The number of hydrogen-bond acceptors (Lipinski definition) is 6. The van der Waals surface area contributed by atoms with Gasteiger partial charge in [-0.05, 0) is 60.7 Å². The van der Waals surface area contributed by atoms with Crippen LogP contribution in [0.25, 0.3) is 22.6 Å². The number of amides is 1. The maximum absolute atomic E-state index is 12.4. The van der Waals surface area contributed by atoms with Crippen molar-refractivity contribution in [3.8, 4) is 23.0 Å². The molecule has 0 saturated carbocycles. The molecule has 3 aromatic carbocycles. The lowest BCUT2D eigenvalue weighted by Crippen LogP contribution is -2.34. The monoisotopic (exact) mass is 467 g/mol. The number of carbonyl (C=O) groups is 1. The lowest BCUT2D eigenvalue weighted by atomic mass is 10.2. The topological polar surface area (TPSA) is 85.6 Å². The van der Waals surface area contributed by atoms with Crippen molar-refractivity contribution in [2.45, 2.75) is 0 Å². The minimum absolute atomic E-state index is 0.137. The molecule has 9 heteroatoms. The summed E-state index contributed by atoms with van der Waals surface area (Å²) in [5, 5.41) is 6.07. The van der Waals surface area contributed by atoms with E-state index < -0.39 is 5.91 Å². The summed E-state index contributed by atoms with van der Waals surface area (Å²) in [7, 11) is 3.14. The van der Waals surface area contributed by atoms with E-state index in [0.717, 1.165) is 5.56 Å². The molecule has 0 bridgehead atoms. The number of thiocarbonyl (C=S) groups is 1. The largest absolute Gasteiger partial charge is 0.493 e. The van der Waals surface area contributed by atoms with E-state index in [1.54, 1.807) is 68.8 Å². The van der Waals surface area contributed by atoms with Crippen molar-refractivity contribution < 1.29 is 18.7 Å². The molecule has 0 aliphatic carbocycles. The Morgan fingerprint density at radius 2 is 1.81 bits per heavy atom. The van der Waals surface area contributed by atoms with E-state index in [-0.39, 0.29) is 5.11 Å². The number of ether oxygens (including phenoxy) is 2. The molecule has 162 valence electrons. The van der Waals surface area contributed by atoms with Gasteiger partial charge >= 0.3 is 0 Å². The number of benzene rings is 3. The van der Waals surface area contributed by atoms with Crippen LogP contribution in [-0.4, -0.2) is 30.2 Å². The van der Waals surface area contributed by atoms with Crippen LogP contribution in [0.3, 0.4) is 0 Å². The zero-order valence-corrected chi connectivity index (χ0v) is 18.7. The maximum Gasteiger partial charge on any atom is 0.258 e. The first-order valence-electron chi connectivity index (χ1n) is 9.48. The van der Waals surface area contributed by atoms with Crippen LogP contribution in [-0.2, 0) is 0 Å². The molecule has 4 aromatic rings. The number of nitrogens with one attached hydrogen (secondary N) is 2. The van der Waals surface area contributed by atoms with Gasteiger partial charge in [-0.2, -0.15) is 0 Å². The van der Waals surface area contributed by atoms with Crippen LogP contribution in [0, 0.1) is 0 Å². The van der Waals surface area contributed by atoms with Crippen molar-refractivity contribution in [2.75, 3.05) is 19.5 Å². The number of carbonyl (C=O) groups excluding carboxylic acids is 1. The van der Waals surface area contributed by atoms with E-state index in [1.165, 1.54) is 0 Å². The van der Waals surface area contributed by atoms with E-state index >= 15 is 0 Å². The Morgan fingerprint density at radius 1 is 1.03 bits per heavy atom. The lowest BCUT2D eigenvalue weighted by Gasteiger charge is -2.10. The first kappa shape index (κ1) is 21.6. The summed E-state index contributed by atoms with van der Waals surface area (Å²) >= 11 is 11.3. The number of fused-ring (bicyclic) bond motifs is 1. The highest BCUT2D eigenvalue weighted by Crippen LogP contribution is 2.33. The highest BCUT2D eigenvalue weighted by Gasteiger charge is 2.14. The SMILES string of the molecule is COc1ccc(-c2nc3cc(NC(=S)NC(=O)c4ccccc4Cl)ccc3o2)cc1OC. The van der Waals surface area contributed by atoms with Crippen LogP contribution in [0.4, 0.5) is 5.69 Å². The van der Waals surface area contributed by atoms with Crippen LogP contribution >= 0.6 is 23.8 Å². The maximum atomic E-state index is 12.4. The minimum Gasteiger partial charge on any atom is -0.493 e. The fraction of sp³-hybridized carbons (Fsp3) is 0.0870. The summed E-state index contributed by atoms with van der Waals surface area (Å²) in [4.78, 5) is 16.9. The van der Waals surface area contributed by atoms with Crippen molar-refractivity contribution >= 4 is 51.6 Å². The number of nitrogens with zero attached hydrogens (tertiary/aromatic N) is 1. The number of halogens is 1. The normalized spacial score (nSPS) is 10.6. The van der Waals surface area contributed by atoms with Gasteiger partial charge in [0.05, 0.1) is 24.8 Å². The Balaban J connectivity index is 1.51. The number of rotatable bonds is 5. The molecular formula is C23H18ClN3O4S. The molecule has 0 unspecified atom stereocenters. The van der Waals surface area contributed by atoms with Gasteiger partial charge in [-0.1, -0.05) is 23.7 Å². The predicted octanol–water partition coefficient (Wildman–Crippen LogP) is 5.29. The van der Waals surface area contributed by atoms with Gasteiger partial charge in [0.2, 0.25) is 5.89 Å². The van der Waals surface area contributed by atoms with Gasteiger partial charge in [-0.25, -0.2) is 4.98 Å². The summed E-state index contributed by atoms with van der Waals surface area (Å²) in [5.41, 5.74) is 2.96. The molecule has 0 aliphatic rings. The van der Waals surface area contributed by atoms with Crippen LogP contribution in [0.2, 0.25) is 5.02 Å². The Morgan fingerprint density at radius 3 is 2.56 bits per heavy atom. The van der Waals surface area contributed by atoms with Crippen LogP contribution < -0.4 is 20.1 Å². The molecule has 2 N–H and O–H groups in total. The minimum atomic E-state index is -0.397. The number of methoxy groups -OCH3 is 2. The van der Waals surface area contributed by atoms with Gasteiger partial charge in [0, 0.05) is 11.3 Å². The molecular weight excluding hydrogens is 450 g/mol. The molecule has 32 heavy (non-hydrogen) atoms. The number of hydrogen-bond donors (Lipinski definition) is 2. The van der Waals surface area contributed by atoms with E-state index in [0.29, 0.717) is 44.8 Å². The van der Waals surface area contributed by atoms with Crippen molar-refractivity contribution in [1.82, 2.24) is 10.3 Å². The quantitative estimate of drug-likeness (QED) is 0.385. The number of aromatic nitrogens is 1. The Bertz CT molecular complexity index is 1320. The Kier molecular flexibility index (Phi) is 6.25. The number of oxazole rings is 1. The molecule has 1 heterocycles. The summed E-state index contributed by atoms with van der Waals surface area (Å²) in [5.74, 6) is 1.24. The Labute approximate surface area is 194 Å². The zero-order valence-electron chi connectivity index (χ0n) is 17.1. The molecule has 0 fully saturated rings. The highest BCUT2D eigenvalue weighted by molar-refractivity contribution is 7.80. The smallest absolute Gasteiger partial charge is 0.258 e. The third-order valence-corrected chi connectivity index (χ3v) is 5.16. The lowest BCUT2D eigenvalue weighted by molar-refractivity contribution is 0.0978. The zero-order chi connectivity index (χ0) is 22.7. The summed E-state index contributed by atoms with van der Waals surface area (Å²) in [6, 6.07) is 17.5. The molecule has 0 spiro atoms. The van der Waals surface area contributed by atoms with Gasteiger partial charge in [0.1, 0.15) is 5.52 Å². The summed E-state index contributed by atoms with van der Waals surface area (Å²) in [6.07, 6.45) is 0. The van der Waals surface area contributed by atoms with E-state index in [9.17, 15) is 4.79 Å². The first-order chi connectivity index (χ1) is 15.5. The molecule has 0 aliphatic heterocycles. The van der Waals surface area contributed by atoms with Gasteiger partial charge in [-0.3, -0.25) is 10.1 Å². The molecule has 1 amide bonds. The van der Waals surface area contributed by atoms with Crippen molar-refractivity contribution in [1.29, 1.82) is 0 Å². The number of anilines is 1. The Hall–Kier alpha value is -3.62. The third kappa shape index (κ3) is 4.51.